The van der Waals surface area contributed by atoms with Crippen LogP contribution in [0.2, 0.25) is 0 Å². The van der Waals surface area contributed by atoms with Gasteiger partial charge in [-0.3, -0.25) is 4.79 Å². The van der Waals surface area contributed by atoms with Crippen LogP contribution in [0, 0.1) is 0 Å². The van der Waals surface area contributed by atoms with Gasteiger partial charge in [0.05, 0.1) is 17.7 Å². The molecule has 0 saturated carbocycles. The molecule has 0 bridgehead atoms. The average Bonchev–Trinajstić information content (AvgIpc) is 2.61. The number of alkyl halides is 3. The number of aromatic nitrogens is 2. The first-order valence-corrected chi connectivity index (χ1v) is 7.85. The first kappa shape index (κ1) is 17.2. The van der Waals surface area contributed by atoms with Crippen molar-refractivity contribution in [2.24, 2.45) is 0 Å². The summed E-state index contributed by atoms with van der Waals surface area (Å²) in [7, 11) is 0. The van der Waals surface area contributed by atoms with Gasteiger partial charge in [-0.2, -0.15) is 18.3 Å². The molecule has 25 heavy (non-hydrogen) atoms. The SMILES string of the molecule is O=C(c1ccccc1C(F)(F)F)N1CCCC(Oc2cccnn2)C1. The lowest BCUT2D eigenvalue weighted by Gasteiger charge is -2.33. The van der Waals surface area contributed by atoms with E-state index in [0.717, 1.165) is 6.07 Å². The minimum Gasteiger partial charge on any atom is -0.471 e. The Morgan fingerprint density at radius 3 is 2.72 bits per heavy atom. The van der Waals surface area contributed by atoms with Gasteiger partial charge in [0.1, 0.15) is 6.10 Å². The molecule has 1 atom stereocenters. The Balaban J connectivity index is 1.75. The Labute approximate surface area is 142 Å². The van der Waals surface area contributed by atoms with Gasteiger partial charge in [0.15, 0.2) is 0 Å². The van der Waals surface area contributed by atoms with Crippen LogP contribution in [0.5, 0.6) is 5.88 Å². The third kappa shape index (κ3) is 4.07. The largest absolute Gasteiger partial charge is 0.471 e. The van der Waals surface area contributed by atoms with Gasteiger partial charge in [-0.25, -0.2) is 0 Å². The smallest absolute Gasteiger partial charge is 0.417 e. The number of halogens is 3. The summed E-state index contributed by atoms with van der Waals surface area (Å²) in [5.41, 5.74) is -1.26. The van der Waals surface area contributed by atoms with Gasteiger partial charge in [0.2, 0.25) is 5.88 Å². The van der Waals surface area contributed by atoms with Crippen LogP contribution in [-0.2, 0) is 6.18 Å². The Morgan fingerprint density at radius 2 is 2.00 bits per heavy atom. The molecule has 1 aliphatic heterocycles. The van der Waals surface area contributed by atoms with Gasteiger partial charge in [-0.1, -0.05) is 12.1 Å². The van der Waals surface area contributed by atoms with Crippen molar-refractivity contribution in [2.45, 2.75) is 25.1 Å². The number of ether oxygens (including phenoxy) is 1. The second kappa shape index (κ2) is 7.08. The number of nitrogens with zero attached hydrogens (tertiary/aromatic N) is 3. The summed E-state index contributed by atoms with van der Waals surface area (Å²) in [4.78, 5) is 14.0. The molecule has 2 aromatic rings. The molecule has 1 unspecified atom stereocenters. The zero-order valence-electron chi connectivity index (χ0n) is 13.2. The summed E-state index contributed by atoms with van der Waals surface area (Å²) in [5, 5.41) is 7.53. The standard InChI is InChI=1S/C17H16F3N3O2/c18-17(19,20)14-7-2-1-6-13(14)16(24)23-10-4-5-12(11-23)25-15-8-3-9-21-22-15/h1-3,6-9,12H,4-5,10-11H2. The number of likely N-dealkylation sites (tertiary alicyclic amines) is 1. The zero-order chi connectivity index (χ0) is 17.9. The molecule has 1 amide bonds. The lowest BCUT2D eigenvalue weighted by molar-refractivity contribution is -0.138. The molecule has 1 fully saturated rings. The van der Waals surface area contributed by atoms with Gasteiger partial charge < -0.3 is 9.64 Å². The van der Waals surface area contributed by atoms with Crippen molar-refractivity contribution >= 4 is 5.91 Å². The van der Waals surface area contributed by atoms with E-state index >= 15 is 0 Å². The van der Waals surface area contributed by atoms with E-state index in [9.17, 15) is 18.0 Å². The summed E-state index contributed by atoms with van der Waals surface area (Å²) in [6.45, 7) is 0.604. The molecule has 0 radical (unpaired) electrons. The first-order valence-electron chi connectivity index (χ1n) is 7.85. The van der Waals surface area contributed by atoms with Gasteiger partial charge in [0.25, 0.3) is 5.91 Å². The molecule has 5 nitrogen and oxygen atoms in total. The van der Waals surface area contributed by atoms with Gasteiger partial charge in [-0.05, 0) is 31.0 Å². The molecule has 132 valence electrons. The molecule has 1 aliphatic rings. The maximum Gasteiger partial charge on any atom is 0.417 e. The van der Waals surface area contributed by atoms with Crippen molar-refractivity contribution in [2.75, 3.05) is 13.1 Å². The molecular formula is C17H16F3N3O2. The highest BCUT2D eigenvalue weighted by Gasteiger charge is 2.36. The fourth-order valence-corrected chi connectivity index (χ4v) is 2.83. The maximum absolute atomic E-state index is 13.1. The van der Waals surface area contributed by atoms with Crippen molar-refractivity contribution in [3.05, 3.63) is 53.7 Å². The highest BCUT2D eigenvalue weighted by atomic mass is 19.4. The molecule has 8 heteroatoms. The monoisotopic (exact) mass is 351 g/mol. The van der Waals surface area contributed by atoms with Crippen molar-refractivity contribution in [3.63, 3.8) is 0 Å². The molecule has 3 rings (SSSR count). The lowest BCUT2D eigenvalue weighted by atomic mass is 10.0. The minimum atomic E-state index is -4.57. The second-order valence-corrected chi connectivity index (χ2v) is 5.74. The van der Waals surface area contributed by atoms with E-state index in [-0.39, 0.29) is 18.2 Å². The summed E-state index contributed by atoms with van der Waals surface area (Å²) in [6, 6.07) is 8.15. The number of carbonyl (C=O) groups excluding carboxylic acids is 1. The number of piperidine rings is 1. The number of benzene rings is 1. The molecule has 2 heterocycles. The summed E-state index contributed by atoms with van der Waals surface area (Å²) < 4.78 is 45.1. The molecular weight excluding hydrogens is 335 g/mol. The fourth-order valence-electron chi connectivity index (χ4n) is 2.83. The number of rotatable bonds is 3. The van der Waals surface area contributed by atoms with Crippen molar-refractivity contribution in [3.8, 4) is 5.88 Å². The predicted molar refractivity (Wildman–Crippen MR) is 83.0 cm³/mol. The lowest BCUT2D eigenvalue weighted by Crippen LogP contribution is -2.44. The van der Waals surface area contributed by atoms with E-state index < -0.39 is 17.6 Å². The molecule has 1 aromatic carbocycles. The summed E-state index contributed by atoms with van der Waals surface area (Å²) >= 11 is 0. The van der Waals surface area contributed by atoms with Crippen LogP contribution in [0.3, 0.4) is 0 Å². The Bertz CT molecular complexity index is 737. The molecule has 1 aromatic heterocycles. The highest BCUT2D eigenvalue weighted by Crippen LogP contribution is 2.32. The predicted octanol–water partition coefficient (Wildman–Crippen LogP) is 3.18. The second-order valence-electron chi connectivity index (χ2n) is 5.74. The van der Waals surface area contributed by atoms with Gasteiger partial charge in [0, 0.05) is 18.8 Å². The van der Waals surface area contributed by atoms with Crippen LogP contribution >= 0.6 is 0 Å². The molecule has 0 N–H and O–H groups in total. The fraction of sp³-hybridized carbons (Fsp3) is 0.353. The molecule has 0 aliphatic carbocycles. The third-order valence-electron chi connectivity index (χ3n) is 3.96. The van der Waals surface area contributed by atoms with Crippen molar-refractivity contribution in [1.29, 1.82) is 0 Å². The van der Waals surface area contributed by atoms with Gasteiger partial charge in [-0.15, -0.1) is 5.10 Å². The Hall–Kier alpha value is -2.64. The molecule has 1 saturated heterocycles. The van der Waals surface area contributed by atoms with Crippen molar-refractivity contribution < 1.29 is 22.7 Å². The van der Waals surface area contributed by atoms with Crippen LogP contribution < -0.4 is 4.74 Å². The average molecular weight is 351 g/mol. The van der Waals surface area contributed by atoms with E-state index in [1.807, 2.05) is 0 Å². The van der Waals surface area contributed by atoms with E-state index in [1.54, 1.807) is 12.1 Å². The van der Waals surface area contributed by atoms with Crippen molar-refractivity contribution in [1.82, 2.24) is 15.1 Å². The number of hydrogen-bond acceptors (Lipinski definition) is 4. The topological polar surface area (TPSA) is 55.3 Å². The van der Waals surface area contributed by atoms with Crippen LogP contribution in [0.25, 0.3) is 0 Å². The van der Waals surface area contributed by atoms with E-state index in [2.05, 4.69) is 10.2 Å². The quantitative estimate of drug-likeness (QED) is 0.852. The summed E-state index contributed by atoms with van der Waals surface area (Å²) in [5.74, 6) is -0.308. The summed E-state index contributed by atoms with van der Waals surface area (Å²) in [6.07, 6.45) is -2.05. The number of hydrogen-bond donors (Lipinski definition) is 0. The van der Waals surface area contributed by atoms with E-state index in [0.29, 0.717) is 25.3 Å². The van der Waals surface area contributed by atoms with Crippen LogP contribution in [0.1, 0.15) is 28.8 Å². The van der Waals surface area contributed by atoms with Gasteiger partial charge >= 0.3 is 6.18 Å². The van der Waals surface area contributed by atoms with Crippen LogP contribution in [-0.4, -0.2) is 40.2 Å². The van der Waals surface area contributed by atoms with Crippen LogP contribution in [0.15, 0.2) is 42.6 Å². The molecule has 0 spiro atoms. The zero-order valence-corrected chi connectivity index (χ0v) is 13.2. The normalized spacial score (nSPS) is 18.0. The van der Waals surface area contributed by atoms with Crippen LogP contribution in [0.4, 0.5) is 13.2 Å². The van der Waals surface area contributed by atoms with E-state index in [1.165, 1.54) is 29.3 Å². The highest BCUT2D eigenvalue weighted by molar-refractivity contribution is 5.96. The van der Waals surface area contributed by atoms with E-state index in [4.69, 9.17) is 4.74 Å². The first-order chi connectivity index (χ1) is 11.9. The Kier molecular flexibility index (Phi) is 4.87. The Morgan fingerprint density at radius 1 is 1.20 bits per heavy atom. The minimum absolute atomic E-state index is 0.210. The number of amides is 1. The maximum atomic E-state index is 13.1. The third-order valence-corrected chi connectivity index (χ3v) is 3.96. The number of carbonyl (C=O) groups is 1.